The largest absolute Gasteiger partial charge is 0.496 e. The van der Waals surface area contributed by atoms with E-state index in [0.29, 0.717) is 52.9 Å². The normalized spacial score (nSPS) is 16.7. The SMILES string of the molecule is COc1ccccc1CCNC(=O)c1cc(-c2ccc(F)cc2)nc2c1c(C)nn2C1CCS(=O)(=O)C1. The van der Waals surface area contributed by atoms with Crippen LogP contribution in [0.3, 0.4) is 0 Å². The van der Waals surface area contributed by atoms with Gasteiger partial charge in [0.2, 0.25) is 0 Å². The molecule has 10 heteroatoms. The van der Waals surface area contributed by atoms with Crippen LogP contribution in [0.25, 0.3) is 22.3 Å². The number of benzene rings is 2. The highest BCUT2D eigenvalue weighted by atomic mass is 32.2. The molecule has 192 valence electrons. The number of para-hydroxylation sites is 1. The van der Waals surface area contributed by atoms with E-state index < -0.39 is 9.84 Å². The Kier molecular flexibility index (Phi) is 6.68. The highest BCUT2D eigenvalue weighted by molar-refractivity contribution is 7.91. The molecule has 1 atom stereocenters. The van der Waals surface area contributed by atoms with Crippen molar-refractivity contribution in [1.29, 1.82) is 0 Å². The molecule has 1 aliphatic rings. The van der Waals surface area contributed by atoms with E-state index in [4.69, 9.17) is 9.72 Å². The Bertz CT molecular complexity index is 1580. The van der Waals surface area contributed by atoms with Gasteiger partial charge in [-0.1, -0.05) is 18.2 Å². The van der Waals surface area contributed by atoms with Gasteiger partial charge in [0.25, 0.3) is 5.91 Å². The summed E-state index contributed by atoms with van der Waals surface area (Å²) in [5, 5.41) is 8.17. The average Bonchev–Trinajstić information content (AvgIpc) is 3.42. The topological polar surface area (TPSA) is 103 Å². The number of fused-ring (bicyclic) bond motifs is 1. The second-order valence-electron chi connectivity index (χ2n) is 9.17. The number of rotatable bonds is 7. The molecule has 1 fully saturated rings. The summed E-state index contributed by atoms with van der Waals surface area (Å²) >= 11 is 0. The van der Waals surface area contributed by atoms with Gasteiger partial charge in [-0.3, -0.25) is 4.79 Å². The van der Waals surface area contributed by atoms with E-state index in [2.05, 4.69) is 10.4 Å². The number of sulfone groups is 1. The lowest BCUT2D eigenvalue weighted by Gasteiger charge is -2.13. The molecule has 5 rings (SSSR count). The first-order valence-corrected chi connectivity index (χ1v) is 13.8. The van der Waals surface area contributed by atoms with Crippen LogP contribution < -0.4 is 10.1 Å². The van der Waals surface area contributed by atoms with Gasteiger partial charge in [0.05, 0.1) is 47.0 Å². The molecule has 2 aromatic carbocycles. The Balaban J connectivity index is 1.53. The highest BCUT2D eigenvalue weighted by Crippen LogP contribution is 2.32. The Labute approximate surface area is 214 Å². The third kappa shape index (κ3) is 5.06. The smallest absolute Gasteiger partial charge is 0.252 e. The lowest BCUT2D eigenvalue weighted by Crippen LogP contribution is -2.26. The van der Waals surface area contributed by atoms with Crippen LogP contribution in [0.4, 0.5) is 4.39 Å². The van der Waals surface area contributed by atoms with E-state index in [1.54, 1.807) is 36.9 Å². The number of aryl methyl sites for hydroxylation is 1. The summed E-state index contributed by atoms with van der Waals surface area (Å²) in [6.07, 6.45) is 1.01. The molecule has 1 N–H and O–H groups in total. The van der Waals surface area contributed by atoms with Crippen molar-refractivity contribution >= 4 is 26.8 Å². The summed E-state index contributed by atoms with van der Waals surface area (Å²) in [6.45, 7) is 2.16. The minimum atomic E-state index is -3.16. The number of halogens is 1. The van der Waals surface area contributed by atoms with Gasteiger partial charge in [-0.25, -0.2) is 22.5 Å². The molecule has 3 heterocycles. The summed E-state index contributed by atoms with van der Waals surface area (Å²) in [7, 11) is -1.55. The number of pyridine rings is 1. The zero-order valence-electron chi connectivity index (χ0n) is 20.6. The highest BCUT2D eigenvalue weighted by Gasteiger charge is 2.32. The number of ether oxygens (including phenoxy) is 1. The van der Waals surface area contributed by atoms with Crippen LogP contribution in [0.1, 0.15) is 34.1 Å². The molecule has 8 nitrogen and oxygen atoms in total. The Morgan fingerprint density at radius 3 is 2.65 bits per heavy atom. The fraction of sp³-hybridized carbons (Fsp3) is 0.296. The number of methoxy groups -OCH3 is 1. The fourth-order valence-electron chi connectivity index (χ4n) is 4.80. The molecule has 37 heavy (non-hydrogen) atoms. The maximum Gasteiger partial charge on any atom is 0.252 e. The zero-order chi connectivity index (χ0) is 26.2. The van der Waals surface area contributed by atoms with Crippen molar-refractivity contribution in [1.82, 2.24) is 20.1 Å². The molecule has 1 saturated heterocycles. The molecule has 4 aromatic rings. The lowest BCUT2D eigenvalue weighted by molar-refractivity contribution is 0.0955. The van der Waals surface area contributed by atoms with Crippen molar-refractivity contribution in [3.8, 4) is 17.0 Å². The predicted octanol–water partition coefficient (Wildman–Crippen LogP) is 3.89. The third-order valence-corrected chi connectivity index (χ3v) is 8.40. The van der Waals surface area contributed by atoms with E-state index in [1.807, 2.05) is 24.3 Å². The van der Waals surface area contributed by atoms with Gasteiger partial charge >= 0.3 is 0 Å². The fourth-order valence-corrected chi connectivity index (χ4v) is 6.49. The van der Waals surface area contributed by atoms with Crippen molar-refractivity contribution in [3.05, 3.63) is 77.2 Å². The van der Waals surface area contributed by atoms with Crippen LogP contribution in [0.5, 0.6) is 5.75 Å². The van der Waals surface area contributed by atoms with Crippen LogP contribution in [-0.2, 0) is 16.3 Å². The molecule has 0 spiro atoms. The monoisotopic (exact) mass is 522 g/mol. The van der Waals surface area contributed by atoms with Crippen LogP contribution in [-0.4, -0.2) is 54.2 Å². The van der Waals surface area contributed by atoms with Gasteiger partial charge in [0, 0.05) is 12.1 Å². The maximum absolute atomic E-state index is 13.6. The summed E-state index contributed by atoms with van der Waals surface area (Å²) in [5.74, 6) is 0.145. The first-order valence-electron chi connectivity index (χ1n) is 12.0. The molecular weight excluding hydrogens is 495 g/mol. The standard InChI is InChI=1S/C27H27FN4O4S/c1-17-25-22(27(33)29-13-11-19-5-3-4-6-24(19)36-2)15-23(18-7-9-20(28)10-8-18)30-26(25)32(31-17)21-12-14-37(34,35)16-21/h3-10,15,21H,11-14,16H2,1-2H3,(H,29,33). The quantitative estimate of drug-likeness (QED) is 0.395. The minimum Gasteiger partial charge on any atom is -0.496 e. The molecule has 1 amide bonds. The number of hydrogen-bond acceptors (Lipinski definition) is 6. The zero-order valence-corrected chi connectivity index (χ0v) is 21.4. The molecular formula is C27H27FN4O4S. The molecule has 0 saturated carbocycles. The van der Waals surface area contributed by atoms with Gasteiger partial charge < -0.3 is 10.1 Å². The first-order chi connectivity index (χ1) is 17.8. The lowest BCUT2D eigenvalue weighted by atomic mass is 10.0. The molecule has 2 aromatic heterocycles. The van der Waals surface area contributed by atoms with Crippen LogP contribution in [0.15, 0.2) is 54.6 Å². The van der Waals surface area contributed by atoms with Crippen molar-refractivity contribution < 1.29 is 22.3 Å². The summed E-state index contributed by atoms with van der Waals surface area (Å²) in [5.41, 5.74) is 3.50. The van der Waals surface area contributed by atoms with Crippen molar-refractivity contribution in [3.63, 3.8) is 0 Å². The molecule has 0 aliphatic carbocycles. The Morgan fingerprint density at radius 1 is 1.19 bits per heavy atom. The second kappa shape index (κ2) is 9.93. The molecule has 0 radical (unpaired) electrons. The summed E-state index contributed by atoms with van der Waals surface area (Å²) < 4.78 is 44.9. The number of carbonyl (C=O) groups is 1. The Morgan fingerprint density at radius 2 is 1.95 bits per heavy atom. The van der Waals surface area contributed by atoms with Crippen molar-refractivity contribution in [2.75, 3.05) is 25.2 Å². The van der Waals surface area contributed by atoms with Crippen LogP contribution in [0, 0.1) is 12.7 Å². The Hall–Kier alpha value is -3.79. The number of carbonyl (C=O) groups excluding carboxylic acids is 1. The van der Waals surface area contributed by atoms with E-state index in [0.717, 1.165) is 11.3 Å². The third-order valence-electron chi connectivity index (χ3n) is 6.65. The van der Waals surface area contributed by atoms with E-state index in [1.165, 1.54) is 12.1 Å². The van der Waals surface area contributed by atoms with Gasteiger partial charge in [-0.2, -0.15) is 5.10 Å². The number of aromatic nitrogens is 3. The first kappa shape index (κ1) is 24.9. The number of amides is 1. The van der Waals surface area contributed by atoms with E-state index >= 15 is 0 Å². The van der Waals surface area contributed by atoms with Gasteiger partial charge in [0.1, 0.15) is 11.6 Å². The summed E-state index contributed by atoms with van der Waals surface area (Å²) in [4.78, 5) is 18.2. The number of hydrogen-bond donors (Lipinski definition) is 1. The van der Waals surface area contributed by atoms with Gasteiger partial charge in [-0.15, -0.1) is 0 Å². The van der Waals surface area contributed by atoms with Gasteiger partial charge in [-0.05, 0) is 61.7 Å². The average molecular weight is 523 g/mol. The molecule has 1 aliphatic heterocycles. The molecule has 0 bridgehead atoms. The van der Waals surface area contributed by atoms with Crippen molar-refractivity contribution in [2.24, 2.45) is 0 Å². The van der Waals surface area contributed by atoms with Crippen LogP contribution >= 0.6 is 0 Å². The predicted molar refractivity (Wildman–Crippen MR) is 139 cm³/mol. The summed E-state index contributed by atoms with van der Waals surface area (Å²) in [6, 6.07) is 14.8. The molecule has 1 unspecified atom stereocenters. The van der Waals surface area contributed by atoms with E-state index in [9.17, 15) is 17.6 Å². The second-order valence-corrected chi connectivity index (χ2v) is 11.4. The van der Waals surface area contributed by atoms with E-state index in [-0.39, 0.29) is 29.3 Å². The maximum atomic E-state index is 13.6. The minimum absolute atomic E-state index is 0.0217. The van der Waals surface area contributed by atoms with Crippen molar-refractivity contribution in [2.45, 2.75) is 25.8 Å². The number of nitrogens with one attached hydrogen (secondary N) is 1. The number of nitrogens with zero attached hydrogens (tertiary/aromatic N) is 3. The van der Waals surface area contributed by atoms with Gasteiger partial charge in [0.15, 0.2) is 15.5 Å². The van der Waals surface area contributed by atoms with Crippen LogP contribution in [0.2, 0.25) is 0 Å².